The molecule has 3 aromatic rings. The van der Waals surface area contributed by atoms with E-state index >= 15 is 0 Å². The van der Waals surface area contributed by atoms with E-state index in [9.17, 15) is 14.7 Å². The lowest BCUT2D eigenvalue weighted by molar-refractivity contribution is -0.140. The number of aryl methyl sites for hydroxylation is 1. The Kier molecular flexibility index (Phi) is 10.2. The highest BCUT2D eigenvalue weighted by atomic mass is 16.5. The molecule has 0 saturated carbocycles. The lowest BCUT2D eigenvalue weighted by atomic mass is 9.93. The van der Waals surface area contributed by atoms with Gasteiger partial charge in [0.25, 0.3) is 11.7 Å². The Labute approximate surface area is 258 Å². The van der Waals surface area contributed by atoms with Crippen LogP contribution in [0.4, 0.5) is 0 Å². The van der Waals surface area contributed by atoms with E-state index in [1.807, 2.05) is 56.3 Å². The number of ether oxygens (including phenoxy) is 4. The topological polar surface area (TPSA) is 97.8 Å². The van der Waals surface area contributed by atoms with Gasteiger partial charge in [-0.2, -0.15) is 0 Å². The minimum absolute atomic E-state index is 0.0497. The number of hydrogen-bond acceptors (Lipinski definition) is 8. The smallest absolute Gasteiger partial charge is 0.295 e. The Bertz CT molecular complexity index is 1500. The van der Waals surface area contributed by atoms with Crippen LogP contribution in [0.5, 0.6) is 17.2 Å². The second kappa shape index (κ2) is 14.4. The number of carbonyl (C=O) groups is 2. The van der Waals surface area contributed by atoms with E-state index in [0.717, 1.165) is 30.8 Å². The minimum atomic E-state index is -0.794. The molecule has 0 aromatic heterocycles. The molecule has 5 rings (SSSR count). The van der Waals surface area contributed by atoms with Gasteiger partial charge >= 0.3 is 0 Å². The van der Waals surface area contributed by atoms with Crippen LogP contribution in [0.2, 0.25) is 0 Å². The Morgan fingerprint density at radius 1 is 0.955 bits per heavy atom. The molecule has 0 radical (unpaired) electrons. The molecule has 2 saturated heterocycles. The van der Waals surface area contributed by atoms with E-state index in [0.29, 0.717) is 67.8 Å². The van der Waals surface area contributed by atoms with Crippen molar-refractivity contribution in [3.8, 4) is 17.2 Å². The van der Waals surface area contributed by atoms with Crippen molar-refractivity contribution < 1.29 is 33.6 Å². The molecule has 1 N–H and O–H groups in total. The molecule has 3 aromatic carbocycles. The molecule has 2 aliphatic heterocycles. The monoisotopic (exact) mass is 600 g/mol. The molecular weight excluding hydrogens is 560 g/mol. The van der Waals surface area contributed by atoms with E-state index in [1.165, 1.54) is 0 Å². The number of Topliss-reactive ketones (excluding diaryl/α,β-unsaturated/α-hetero) is 1. The van der Waals surface area contributed by atoms with Crippen molar-refractivity contribution in [1.29, 1.82) is 0 Å². The summed E-state index contributed by atoms with van der Waals surface area (Å²) >= 11 is 0. The van der Waals surface area contributed by atoms with Crippen LogP contribution in [0.15, 0.2) is 72.3 Å². The number of likely N-dealkylation sites (tertiary alicyclic amines) is 1. The van der Waals surface area contributed by atoms with Gasteiger partial charge < -0.3 is 29.0 Å². The average Bonchev–Trinajstić information content (AvgIpc) is 3.30. The van der Waals surface area contributed by atoms with Crippen LogP contribution in [-0.4, -0.2) is 79.7 Å². The van der Waals surface area contributed by atoms with Crippen LogP contribution in [0, 0.1) is 6.92 Å². The number of methoxy groups -OCH3 is 1. The number of nitrogens with zero attached hydrogens (tertiary/aromatic N) is 2. The number of benzene rings is 3. The van der Waals surface area contributed by atoms with Gasteiger partial charge in [-0.25, -0.2) is 0 Å². The summed E-state index contributed by atoms with van der Waals surface area (Å²) in [6, 6.07) is 19.7. The first-order valence-corrected chi connectivity index (χ1v) is 15.1. The SMILES string of the molecule is CCOc1ccc([C@H]2C(=C(O)c3ccc(OCc4ccccc4)cc3C)C(=O)C(=O)N2CCCN2CCOCC2)cc1OC. The predicted molar refractivity (Wildman–Crippen MR) is 167 cm³/mol. The fourth-order valence-corrected chi connectivity index (χ4v) is 5.75. The van der Waals surface area contributed by atoms with Gasteiger partial charge in [-0.1, -0.05) is 36.4 Å². The maximum Gasteiger partial charge on any atom is 0.295 e. The van der Waals surface area contributed by atoms with Gasteiger partial charge in [-0.15, -0.1) is 0 Å². The molecule has 9 heteroatoms. The predicted octanol–water partition coefficient (Wildman–Crippen LogP) is 5.13. The number of rotatable bonds is 12. The highest BCUT2D eigenvalue weighted by Gasteiger charge is 2.46. The van der Waals surface area contributed by atoms with Crippen LogP contribution in [0.25, 0.3) is 5.76 Å². The molecule has 9 nitrogen and oxygen atoms in total. The second-order valence-electron chi connectivity index (χ2n) is 10.9. The van der Waals surface area contributed by atoms with Crippen molar-refractivity contribution in [1.82, 2.24) is 9.80 Å². The van der Waals surface area contributed by atoms with Gasteiger partial charge in [0.1, 0.15) is 18.1 Å². The number of amides is 1. The van der Waals surface area contributed by atoms with Crippen molar-refractivity contribution in [3.05, 3.63) is 94.6 Å². The summed E-state index contributed by atoms with van der Waals surface area (Å²) in [6.45, 7) is 8.76. The fraction of sp³-hybridized carbons (Fsp3) is 0.371. The zero-order chi connectivity index (χ0) is 31.1. The Hall–Kier alpha value is -4.34. The quantitative estimate of drug-likeness (QED) is 0.174. The van der Waals surface area contributed by atoms with Gasteiger partial charge in [0, 0.05) is 31.7 Å². The summed E-state index contributed by atoms with van der Waals surface area (Å²) in [7, 11) is 1.55. The number of carbonyl (C=O) groups excluding carboxylic acids is 2. The average molecular weight is 601 g/mol. The van der Waals surface area contributed by atoms with Crippen LogP contribution in [-0.2, 0) is 20.9 Å². The van der Waals surface area contributed by atoms with E-state index < -0.39 is 17.7 Å². The van der Waals surface area contributed by atoms with Crippen LogP contribution in [0.3, 0.4) is 0 Å². The molecule has 0 spiro atoms. The Morgan fingerprint density at radius 3 is 2.43 bits per heavy atom. The highest BCUT2D eigenvalue weighted by molar-refractivity contribution is 6.46. The Balaban J connectivity index is 1.47. The summed E-state index contributed by atoms with van der Waals surface area (Å²) in [5.74, 6) is 0.120. The molecular formula is C35H40N2O7. The first-order valence-electron chi connectivity index (χ1n) is 15.1. The first-order chi connectivity index (χ1) is 21.4. The third-order valence-electron chi connectivity index (χ3n) is 8.02. The van der Waals surface area contributed by atoms with E-state index in [2.05, 4.69) is 4.90 Å². The first kappa shape index (κ1) is 31.1. The van der Waals surface area contributed by atoms with Crippen LogP contribution in [0.1, 0.15) is 41.6 Å². The molecule has 2 heterocycles. The summed E-state index contributed by atoms with van der Waals surface area (Å²) in [6.07, 6.45) is 0.671. The van der Waals surface area contributed by atoms with Gasteiger partial charge in [0.15, 0.2) is 11.5 Å². The summed E-state index contributed by atoms with van der Waals surface area (Å²) in [4.78, 5) is 31.0. The lowest BCUT2D eigenvalue weighted by Crippen LogP contribution is -2.39. The molecule has 0 unspecified atom stereocenters. The highest BCUT2D eigenvalue weighted by Crippen LogP contribution is 2.42. The van der Waals surface area contributed by atoms with Crippen molar-refractivity contribution in [2.24, 2.45) is 0 Å². The number of hydrogen-bond donors (Lipinski definition) is 1. The molecule has 1 amide bonds. The van der Waals surface area contributed by atoms with Gasteiger partial charge in [-0.3, -0.25) is 14.5 Å². The molecule has 2 aliphatic rings. The largest absolute Gasteiger partial charge is 0.507 e. The normalized spacial score (nSPS) is 18.4. The zero-order valence-corrected chi connectivity index (χ0v) is 25.6. The Morgan fingerprint density at radius 2 is 1.73 bits per heavy atom. The van der Waals surface area contributed by atoms with Crippen molar-refractivity contribution in [3.63, 3.8) is 0 Å². The molecule has 0 bridgehead atoms. The fourth-order valence-electron chi connectivity index (χ4n) is 5.75. The standard InChI is InChI=1S/C35H40N2O7/c1-4-43-29-14-11-26(22-30(29)41-3)32-31(34(39)35(40)37(32)16-8-15-36-17-19-42-20-18-36)33(38)28-13-12-27(21-24(28)2)44-23-25-9-6-5-7-10-25/h5-7,9-14,21-22,32,38H,4,8,15-20,23H2,1-3H3/t32-/m0/s1. The molecule has 232 valence electrons. The van der Waals surface area contributed by atoms with E-state index in [4.69, 9.17) is 18.9 Å². The number of ketones is 1. The van der Waals surface area contributed by atoms with Gasteiger partial charge in [-0.05, 0) is 67.3 Å². The van der Waals surface area contributed by atoms with Gasteiger partial charge in [0.05, 0.1) is 38.5 Å². The van der Waals surface area contributed by atoms with Crippen molar-refractivity contribution in [2.75, 3.05) is 53.1 Å². The maximum atomic E-state index is 13.6. The van der Waals surface area contributed by atoms with E-state index in [-0.39, 0.29) is 11.3 Å². The lowest BCUT2D eigenvalue weighted by Gasteiger charge is -2.29. The molecule has 2 fully saturated rings. The maximum absolute atomic E-state index is 13.6. The third kappa shape index (κ3) is 6.90. The number of aliphatic hydroxyl groups is 1. The summed E-state index contributed by atoms with van der Waals surface area (Å²) in [5.41, 5.74) is 2.92. The summed E-state index contributed by atoms with van der Waals surface area (Å²) < 4.78 is 22.7. The van der Waals surface area contributed by atoms with Gasteiger partial charge in [0.2, 0.25) is 0 Å². The molecule has 1 atom stereocenters. The zero-order valence-electron chi connectivity index (χ0n) is 25.6. The van der Waals surface area contributed by atoms with Crippen LogP contribution < -0.4 is 14.2 Å². The van der Waals surface area contributed by atoms with Crippen molar-refractivity contribution >= 4 is 17.4 Å². The second-order valence-corrected chi connectivity index (χ2v) is 10.9. The summed E-state index contributed by atoms with van der Waals surface area (Å²) in [5, 5.41) is 11.7. The number of morpholine rings is 1. The van der Waals surface area contributed by atoms with Crippen molar-refractivity contribution in [2.45, 2.75) is 32.9 Å². The third-order valence-corrected chi connectivity index (χ3v) is 8.02. The molecule has 0 aliphatic carbocycles. The van der Waals surface area contributed by atoms with E-state index in [1.54, 1.807) is 36.3 Å². The minimum Gasteiger partial charge on any atom is -0.507 e. The number of aliphatic hydroxyl groups excluding tert-OH is 1. The van der Waals surface area contributed by atoms with Crippen LogP contribution >= 0.6 is 0 Å². The molecule has 44 heavy (non-hydrogen) atoms.